The first-order valence-corrected chi connectivity index (χ1v) is 6.33. The van der Waals surface area contributed by atoms with Crippen LogP contribution in [-0.4, -0.2) is 15.9 Å². The van der Waals surface area contributed by atoms with E-state index in [0.29, 0.717) is 12.1 Å². The van der Waals surface area contributed by atoms with Crippen molar-refractivity contribution in [3.8, 4) is 0 Å². The molecule has 0 aliphatic rings. The van der Waals surface area contributed by atoms with Gasteiger partial charge in [0.2, 0.25) is 0 Å². The fraction of sp³-hybridized carbons (Fsp3) is 0.154. The van der Waals surface area contributed by atoms with Crippen molar-refractivity contribution in [3.63, 3.8) is 0 Å². The van der Waals surface area contributed by atoms with E-state index in [0.717, 1.165) is 11.3 Å². The van der Waals surface area contributed by atoms with Crippen molar-refractivity contribution < 1.29 is 4.79 Å². The van der Waals surface area contributed by atoms with E-state index in [-0.39, 0.29) is 16.2 Å². The molecule has 0 atom stereocenters. The Hall–Kier alpha value is -1.65. The van der Waals surface area contributed by atoms with Gasteiger partial charge in [0.05, 0.1) is 12.2 Å². The maximum absolute atomic E-state index is 11.9. The topological polar surface area (TPSA) is 54.9 Å². The minimum absolute atomic E-state index is 0.187. The van der Waals surface area contributed by atoms with Crippen LogP contribution in [0.2, 0.25) is 10.3 Å². The van der Waals surface area contributed by atoms with Crippen molar-refractivity contribution in [2.24, 2.45) is 0 Å². The van der Waals surface area contributed by atoms with Crippen molar-refractivity contribution in [1.82, 2.24) is 15.3 Å². The maximum Gasteiger partial charge on any atom is 0.251 e. The van der Waals surface area contributed by atoms with Gasteiger partial charge in [0, 0.05) is 11.8 Å². The average Bonchev–Trinajstić information content (AvgIpc) is 2.36. The number of aryl methyl sites for hydroxylation is 1. The zero-order valence-corrected chi connectivity index (χ0v) is 11.7. The summed E-state index contributed by atoms with van der Waals surface area (Å²) in [5.41, 5.74) is 2.22. The second kappa shape index (κ2) is 5.99. The Morgan fingerprint density at radius 3 is 2.63 bits per heavy atom. The summed E-state index contributed by atoms with van der Waals surface area (Å²) >= 11 is 11.5. The molecule has 0 fully saturated rings. The molecule has 0 radical (unpaired) electrons. The zero-order valence-electron chi connectivity index (χ0n) is 10.2. The minimum Gasteiger partial charge on any atom is -0.346 e. The van der Waals surface area contributed by atoms with Gasteiger partial charge < -0.3 is 5.32 Å². The molecule has 2 rings (SSSR count). The molecule has 19 heavy (non-hydrogen) atoms. The van der Waals surface area contributed by atoms with Crippen LogP contribution >= 0.6 is 23.2 Å². The fourth-order valence-corrected chi connectivity index (χ4v) is 2.03. The number of nitrogens with zero attached hydrogens (tertiary/aromatic N) is 2. The van der Waals surface area contributed by atoms with Crippen LogP contribution in [0.5, 0.6) is 0 Å². The van der Waals surface area contributed by atoms with Crippen LogP contribution in [0.15, 0.2) is 30.5 Å². The molecule has 0 saturated carbocycles. The predicted molar refractivity (Wildman–Crippen MR) is 74.4 cm³/mol. The number of aromatic nitrogens is 2. The molecule has 2 aromatic rings. The largest absolute Gasteiger partial charge is 0.346 e. The SMILES string of the molecule is Cc1cccnc1CNC(=O)c1cc(Cl)nc(Cl)c1. The van der Waals surface area contributed by atoms with Gasteiger partial charge >= 0.3 is 0 Å². The lowest BCUT2D eigenvalue weighted by Crippen LogP contribution is -2.23. The van der Waals surface area contributed by atoms with Crippen molar-refractivity contribution in [2.45, 2.75) is 13.5 Å². The monoisotopic (exact) mass is 295 g/mol. The highest BCUT2D eigenvalue weighted by Crippen LogP contribution is 2.14. The molecule has 2 heterocycles. The number of rotatable bonds is 3. The lowest BCUT2D eigenvalue weighted by Gasteiger charge is -2.07. The average molecular weight is 296 g/mol. The molecular weight excluding hydrogens is 285 g/mol. The third kappa shape index (κ3) is 3.66. The van der Waals surface area contributed by atoms with E-state index in [4.69, 9.17) is 23.2 Å². The molecule has 0 aromatic carbocycles. The number of amides is 1. The maximum atomic E-state index is 11.9. The highest BCUT2D eigenvalue weighted by molar-refractivity contribution is 6.33. The molecule has 0 saturated heterocycles. The van der Waals surface area contributed by atoms with Crippen LogP contribution in [-0.2, 0) is 6.54 Å². The first kappa shape index (κ1) is 13.8. The Morgan fingerprint density at radius 1 is 1.32 bits per heavy atom. The number of pyridine rings is 2. The summed E-state index contributed by atoms with van der Waals surface area (Å²) in [6.45, 7) is 2.29. The van der Waals surface area contributed by atoms with Crippen LogP contribution in [0, 0.1) is 6.92 Å². The number of nitrogens with one attached hydrogen (secondary N) is 1. The molecule has 0 unspecified atom stereocenters. The molecule has 0 bridgehead atoms. The highest BCUT2D eigenvalue weighted by Gasteiger charge is 2.09. The Balaban J connectivity index is 2.08. The van der Waals surface area contributed by atoms with E-state index in [2.05, 4.69) is 15.3 Å². The smallest absolute Gasteiger partial charge is 0.251 e. The number of carbonyl (C=O) groups excluding carboxylic acids is 1. The summed E-state index contributed by atoms with van der Waals surface area (Å²) in [6, 6.07) is 6.72. The van der Waals surface area contributed by atoms with Gasteiger partial charge in [-0.05, 0) is 30.7 Å². The lowest BCUT2D eigenvalue weighted by atomic mass is 10.2. The molecule has 0 aliphatic carbocycles. The van der Waals surface area contributed by atoms with Crippen molar-refractivity contribution in [1.29, 1.82) is 0 Å². The van der Waals surface area contributed by atoms with Crippen LogP contribution in [0.4, 0.5) is 0 Å². The lowest BCUT2D eigenvalue weighted by molar-refractivity contribution is 0.0950. The fourth-order valence-electron chi connectivity index (χ4n) is 1.57. The van der Waals surface area contributed by atoms with Crippen LogP contribution in [0.3, 0.4) is 0 Å². The zero-order chi connectivity index (χ0) is 13.8. The summed E-state index contributed by atoms with van der Waals surface area (Å²) in [6.07, 6.45) is 1.69. The van der Waals surface area contributed by atoms with Gasteiger partial charge in [0.15, 0.2) is 0 Å². The summed E-state index contributed by atoms with van der Waals surface area (Å²) in [5.74, 6) is -0.267. The Labute approximate surface area is 120 Å². The first-order valence-electron chi connectivity index (χ1n) is 5.58. The van der Waals surface area contributed by atoms with Crippen LogP contribution in [0.1, 0.15) is 21.6 Å². The molecule has 4 nitrogen and oxygen atoms in total. The van der Waals surface area contributed by atoms with Gasteiger partial charge in [-0.2, -0.15) is 0 Å². The van der Waals surface area contributed by atoms with Gasteiger partial charge in [0.25, 0.3) is 5.91 Å². The summed E-state index contributed by atoms with van der Waals surface area (Å²) in [5, 5.41) is 3.14. The second-order valence-corrected chi connectivity index (χ2v) is 4.73. The van der Waals surface area contributed by atoms with Crippen molar-refractivity contribution in [3.05, 3.63) is 57.6 Å². The molecule has 0 aliphatic heterocycles. The van der Waals surface area contributed by atoms with E-state index >= 15 is 0 Å². The first-order chi connectivity index (χ1) is 9.06. The Kier molecular flexibility index (Phi) is 4.35. The molecule has 98 valence electrons. The molecule has 6 heteroatoms. The molecule has 1 amide bonds. The van der Waals surface area contributed by atoms with Gasteiger partial charge in [-0.25, -0.2) is 4.98 Å². The number of halogens is 2. The Morgan fingerprint density at radius 2 is 2.00 bits per heavy atom. The molecule has 1 N–H and O–H groups in total. The minimum atomic E-state index is -0.267. The molecule has 2 aromatic heterocycles. The third-order valence-corrected chi connectivity index (χ3v) is 2.95. The Bertz CT molecular complexity index is 596. The third-order valence-electron chi connectivity index (χ3n) is 2.56. The summed E-state index contributed by atoms with van der Waals surface area (Å²) in [4.78, 5) is 19.9. The summed E-state index contributed by atoms with van der Waals surface area (Å²) in [7, 11) is 0. The van der Waals surface area contributed by atoms with Gasteiger partial charge in [-0.1, -0.05) is 29.3 Å². The standard InChI is InChI=1S/C13H11Cl2N3O/c1-8-3-2-4-16-10(8)7-17-13(19)9-5-11(14)18-12(15)6-9/h2-6H,7H2,1H3,(H,17,19). The quantitative estimate of drug-likeness (QED) is 0.886. The second-order valence-electron chi connectivity index (χ2n) is 3.95. The van der Waals surface area contributed by atoms with Crippen LogP contribution < -0.4 is 5.32 Å². The normalized spacial score (nSPS) is 10.3. The van der Waals surface area contributed by atoms with E-state index in [1.54, 1.807) is 6.20 Å². The molecule has 0 spiro atoms. The van der Waals surface area contributed by atoms with Gasteiger partial charge in [-0.3, -0.25) is 9.78 Å². The highest BCUT2D eigenvalue weighted by atomic mass is 35.5. The summed E-state index contributed by atoms with van der Waals surface area (Å²) < 4.78 is 0. The number of carbonyl (C=O) groups is 1. The van der Waals surface area contributed by atoms with Crippen LogP contribution in [0.25, 0.3) is 0 Å². The van der Waals surface area contributed by atoms with E-state index in [1.807, 2.05) is 19.1 Å². The number of hydrogen-bond acceptors (Lipinski definition) is 3. The van der Waals surface area contributed by atoms with Gasteiger partial charge in [0.1, 0.15) is 10.3 Å². The van der Waals surface area contributed by atoms with Crippen molar-refractivity contribution >= 4 is 29.1 Å². The van der Waals surface area contributed by atoms with Crippen molar-refractivity contribution in [2.75, 3.05) is 0 Å². The van der Waals surface area contributed by atoms with E-state index < -0.39 is 0 Å². The van der Waals surface area contributed by atoms with E-state index in [1.165, 1.54) is 12.1 Å². The van der Waals surface area contributed by atoms with Gasteiger partial charge in [-0.15, -0.1) is 0 Å². The molecular formula is C13H11Cl2N3O. The number of hydrogen-bond donors (Lipinski definition) is 1. The van der Waals surface area contributed by atoms with E-state index in [9.17, 15) is 4.79 Å². The predicted octanol–water partition coefficient (Wildman–Crippen LogP) is 3.02.